The van der Waals surface area contributed by atoms with Crippen molar-refractivity contribution < 1.29 is 8.42 Å². The molecule has 1 aromatic rings. The molecule has 8 heteroatoms. The van der Waals surface area contributed by atoms with E-state index in [0.717, 1.165) is 38.4 Å². The number of hydrogen-bond donors (Lipinski definition) is 1. The standard InChI is InChI=1S/C16H28N4O2S2/c1-4-17-16(19(2)12-15-7-10-23-13-15)18-11-14-5-8-20(9-6-14)24(3,21)22/h7,10,13-14H,4-6,8-9,11-12H2,1-3H3,(H,17,18). The highest BCUT2D eigenvalue weighted by molar-refractivity contribution is 7.88. The highest BCUT2D eigenvalue weighted by Crippen LogP contribution is 2.19. The van der Waals surface area contributed by atoms with Gasteiger partial charge in [-0.05, 0) is 48.1 Å². The second kappa shape index (κ2) is 8.82. The molecule has 1 aromatic heterocycles. The normalized spacial score (nSPS) is 17.9. The van der Waals surface area contributed by atoms with E-state index in [2.05, 4.69) is 34.0 Å². The third-order valence-corrected chi connectivity index (χ3v) is 6.27. The van der Waals surface area contributed by atoms with Gasteiger partial charge in [-0.1, -0.05) is 0 Å². The molecule has 136 valence electrons. The van der Waals surface area contributed by atoms with E-state index < -0.39 is 10.0 Å². The number of aliphatic imine (C=N–C) groups is 1. The number of hydrogen-bond acceptors (Lipinski definition) is 4. The summed E-state index contributed by atoms with van der Waals surface area (Å²) in [5.41, 5.74) is 1.29. The molecule has 6 nitrogen and oxygen atoms in total. The molecule has 1 saturated heterocycles. The fourth-order valence-corrected chi connectivity index (χ4v) is 4.37. The van der Waals surface area contributed by atoms with Gasteiger partial charge in [0.05, 0.1) is 6.26 Å². The van der Waals surface area contributed by atoms with E-state index in [0.29, 0.717) is 19.0 Å². The van der Waals surface area contributed by atoms with Gasteiger partial charge >= 0.3 is 0 Å². The van der Waals surface area contributed by atoms with Crippen LogP contribution < -0.4 is 5.32 Å². The van der Waals surface area contributed by atoms with E-state index >= 15 is 0 Å². The van der Waals surface area contributed by atoms with Crippen molar-refractivity contribution in [1.82, 2.24) is 14.5 Å². The topological polar surface area (TPSA) is 65.0 Å². The Labute approximate surface area is 149 Å². The summed E-state index contributed by atoms with van der Waals surface area (Å²) in [5.74, 6) is 1.36. The summed E-state index contributed by atoms with van der Waals surface area (Å²) >= 11 is 1.70. The van der Waals surface area contributed by atoms with Crippen molar-refractivity contribution in [3.63, 3.8) is 0 Å². The summed E-state index contributed by atoms with van der Waals surface area (Å²) in [6.07, 6.45) is 3.04. The Hall–Kier alpha value is -1.12. The molecular weight excluding hydrogens is 344 g/mol. The third kappa shape index (κ3) is 5.75. The van der Waals surface area contributed by atoms with Crippen LogP contribution >= 0.6 is 11.3 Å². The van der Waals surface area contributed by atoms with Crippen molar-refractivity contribution in [2.75, 3.05) is 39.5 Å². The molecular formula is C16H28N4O2S2. The maximum absolute atomic E-state index is 11.6. The lowest BCUT2D eigenvalue weighted by atomic mass is 9.98. The second-order valence-electron chi connectivity index (χ2n) is 6.29. The van der Waals surface area contributed by atoms with E-state index in [1.807, 2.05) is 7.05 Å². The number of nitrogens with zero attached hydrogens (tertiary/aromatic N) is 3. The molecule has 0 radical (unpaired) electrons. The summed E-state index contributed by atoms with van der Waals surface area (Å²) in [6.45, 7) is 5.70. The molecule has 0 bridgehead atoms. The first kappa shape index (κ1) is 19.2. The average molecular weight is 373 g/mol. The molecule has 1 N–H and O–H groups in total. The fourth-order valence-electron chi connectivity index (χ4n) is 2.84. The highest BCUT2D eigenvalue weighted by atomic mass is 32.2. The van der Waals surface area contributed by atoms with Crippen molar-refractivity contribution in [3.8, 4) is 0 Å². The molecule has 1 aliphatic heterocycles. The van der Waals surface area contributed by atoms with Crippen molar-refractivity contribution in [3.05, 3.63) is 22.4 Å². The SMILES string of the molecule is CCNC(=NCC1CCN(S(C)(=O)=O)CC1)N(C)Cc1ccsc1. The number of rotatable bonds is 6. The van der Waals surface area contributed by atoms with Gasteiger partial charge in [-0.2, -0.15) is 11.3 Å². The molecule has 0 aliphatic carbocycles. The third-order valence-electron chi connectivity index (χ3n) is 4.24. The summed E-state index contributed by atoms with van der Waals surface area (Å²) in [7, 11) is -1.01. The molecule has 0 unspecified atom stereocenters. The molecule has 1 fully saturated rings. The highest BCUT2D eigenvalue weighted by Gasteiger charge is 2.24. The van der Waals surface area contributed by atoms with Gasteiger partial charge in [-0.25, -0.2) is 12.7 Å². The molecule has 2 rings (SSSR count). The number of nitrogens with one attached hydrogen (secondary N) is 1. The van der Waals surface area contributed by atoms with Gasteiger partial charge in [0.15, 0.2) is 5.96 Å². The number of piperidine rings is 1. The van der Waals surface area contributed by atoms with Gasteiger partial charge in [0, 0.05) is 39.8 Å². The first-order valence-corrected chi connectivity index (χ1v) is 11.1. The molecule has 0 aromatic carbocycles. The predicted molar refractivity (Wildman–Crippen MR) is 101 cm³/mol. The van der Waals surface area contributed by atoms with Crippen LogP contribution in [0.15, 0.2) is 21.8 Å². The Morgan fingerprint density at radius 3 is 2.71 bits per heavy atom. The summed E-state index contributed by atoms with van der Waals surface area (Å²) in [5, 5.41) is 7.58. The smallest absolute Gasteiger partial charge is 0.211 e. The van der Waals surface area contributed by atoms with Crippen LogP contribution in [-0.2, 0) is 16.6 Å². The zero-order valence-electron chi connectivity index (χ0n) is 14.7. The Morgan fingerprint density at radius 2 is 2.17 bits per heavy atom. The number of sulfonamides is 1. The van der Waals surface area contributed by atoms with Crippen molar-refractivity contribution in [1.29, 1.82) is 0 Å². The van der Waals surface area contributed by atoms with Crippen LogP contribution in [0.4, 0.5) is 0 Å². The van der Waals surface area contributed by atoms with Gasteiger partial charge in [-0.15, -0.1) is 0 Å². The lowest BCUT2D eigenvalue weighted by Crippen LogP contribution is -2.40. The van der Waals surface area contributed by atoms with Gasteiger partial charge in [0.1, 0.15) is 0 Å². The summed E-state index contributed by atoms with van der Waals surface area (Å²) in [4.78, 5) is 6.91. The van der Waals surface area contributed by atoms with Crippen LogP contribution in [0.3, 0.4) is 0 Å². The first-order chi connectivity index (χ1) is 11.4. The average Bonchev–Trinajstić information content (AvgIpc) is 3.03. The van der Waals surface area contributed by atoms with Crippen LogP contribution in [0.1, 0.15) is 25.3 Å². The van der Waals surface area contributed by atoms with Gasteiger partial charge in [-0.3, -0.25) is 4.99 Å². The molecule has 0 amide bonds. The van der Waals surface area contributed by atoms with Crippen LogP contribution in [0.2, 0.25) is 0 Å². The molecule has 0 spiro atoms. The van der Waals surface area contributed by atoms with Gasteiger partial charge < -0.3 is 10.2 Å². The second-order valence-corrected chi connectivity index (χ2v) is 9.05. The maximum Gasteiger partial charge on any atom is 0.211 e. The van der Waals surface area contributed by atoms with Crippen LogP contribution in [0.5, 0.6) is 0 Å². The first-order valence-electron chi connectivity index (χ1n) is 8.35. The lowest BCUT2D eigenvalue weighted by molar-refractivity contribution is 0.279. The maximum atomic E-state index is 11.6. The molecule has 1 aliphatic rings. The Bertz CT molecular complexity index is 621. The largest absolute Gasteiger partial charge is 0.357 e. The van der Waals surface area contributed by atoms with Gasteiger partial charge in [0.25, 0.3) is 0 Å². The van der Waals surface area contributed by atoms with Crippen molar-refractivity contribution >= 4 is 27.3 Å². The minimum Gasteiger partial charge on any atom is -0.357 e. The molecule has 0 atom stereocenters. The number of thiophene rings is 1. The Balaban J connectivity index is 1.89. The zero-order chi connectivity index (χ0) is 17.6. The zero-order valence-corrected chi connectivity index (χ0v) is 16.4. The van der Waals surface area contributed by atoms with Crippen molar-refractivity contribution in [2.45, 2.75) is 26.3 Å². The fraction of sp³-hybridized carbons (Fsp3) is 0.688. The van der Waals surface area contributed by atoms with Crippen molar-refractivity contribution in [2.24, 2.45) is 10.9 Å². The minimum absolute atomic E-state index is 0.450. The predicted octanol–water partition coefficient (Wildman–Crippen LogP) is 1.82. The van der Waals surface area contributed by atoms with E-state index in [1.165, 1.54) is 11.8 Å². The minimum atomic E-state index is -3.05. The van der Waals surface area contributed by atoms with E-state index in [4.69, 9.17) is 4.99 Å². The Morgan fingerprint density at radius 1 is 1.46 bits per heavy atom. The molecule has 2 heterocycles. The van der Waals surface area contributed by atoms with Crippen LogP contribution in [-0.4, -0.2) is 63.1 Å². The van der Waals surface area contributed by atoms with E-state index in [-0.39, 0.29) is 0 Å². The molecule has 0 saturated carbocycles. The number of guanidine groups is 1. The van der Waals surface area contributed by atoms with Crippen LogP contribution in [0.25, 0.3) is 0 Å². The monoisotopic (exact) mass is 372 g/mol. The van der Waals surface area contributed by atoms with E-state index in [1.54, 1.807) is 15.6 Å². The van der Waals surface area contributed by atoms with E-state index in [9.17, 15) is 8.42 Å². The van der Waals surface area contributed by atoms with Crippen LogP contribution in [0, 0.1) is 5.92 Å². The quantitative estimate of drug-likeness (QED) is 0.611. The lowest BCUT2D eigenvalue weighted by Gasteiger charge is -2.30. The summed E-state index contributed by atoms with van der Waals surface area (Å²) < 4.78 is 24.7. The molecule has 24 heavy (non-hydrogen) atoms. The van der Waals surface area contributed by atoms with Gasteiger partial charge in [0.2, 0.25) is 10.0 Å². The Kier molecular flexibility index (Phi) is 7.06. The summed E-state index contributed by atoms with van der Waals surface area (Å²) in [6, 6.07) is 2.13.